The number of carbonyl (C=O) groups excluding carboxylic acids is 1. The van der Waals surface area contributed by atoms with Crippen LogP contribution in [0.25, 0.3) is 0 Å². The van der Waals surface area contributed by atoms with Crippen LogP contribution in [0.5, 0.6) is 0 Å². The molecule has 0 saturated heterocycles. The summed E-state index contributed by atoms with van der Waals surface area (Å²) in [6.45, 7) is 2.82. The van der Waals surface area contributed by atoms with Crippen molar-refractivity contribution in [2.45, 2.75) is 19.8 Å². The van der Waals surface area contributed by atoms with Crippen molar-refractivity contribution in [2.24, 2.45) is 5.92 Å². The molecule has 0 spiro atoms. The van der Waals surface area contributed by atoms with Gasteiger partial charge in [0.05, 0.1) is 6.42 Å². The van der Waals surface area contributed by atoms with E-state index in [1.165, 1.54) is 0 Å². The standard InChI is InChI=1S/C13H19NO2/c1-11(7-8-15)10-14-13(16)9-12-5-3-2-4-6-12/h2-6,11,15H,7-10H2,1H3,(H,14,16). The summed E-state index contributed by atoms with van der Waals surface area (Å²) in [5.74, 6) is 0.362. The Balaban J connectivity index is 2.26. The molecule has 1 aromatic carbocycles. The number of aliphatic hydroxyl groups is 1. The van der Waals surface area contributed by atoms with Crippen LogP contribution in [0.3, 0.4) is 0 Å². The summed E-state index contributed by atoms with van der Waals surface area (Å²) in [6, 6.07) is 9.67. The van der Waals surface area contributed by atoms with Gasteiger partial charge in [-0.15, -0.1) is 0 Å². The molecule has 16 heavy (non-hydrogen) atoms. The molecule has 0 aromatic heterocycles. The van der Waals surface area contributed by atoms with E-state index in [1.807, 2.05) is 37.3 Å². The van der Waals surface area contributed by atoms with E-state index < -0.39 is 0 Å². The summed E-state index contributed by atoms with van der Waals surface area (Å²) in [5, 5.41) is 11.6. The third kappa shape index (κ3) is 4.94. The average molecular weight is 221 g/mol. The van der Waals surface area contributed by atoms with E-state index in [-0.39, 0.29) is 12.5 Å². The second-order valence-corrected chi connectivity index (χ2v) is 4.08. The molecule has 88 valence electrons. The number of benzene rings is 1. The minimum atomic E-state index is 0.0380. The van der Waals surface area contributed by atoms with E-state index in [9.17, 15) is 4.79 Å². The topological polar surface area (TPSA) is 49.3 Å². The molecule has 0 aliphatic heterocycles. The first-order valence-corrected chi connectivity index (χ1v) is 5.64. The molecular weight excluding hydrogens is 202 g/mol. The Hall–Kier alpha value is -1.35. The van der Waals surface area contributed by atoms with Crippen molar-refractivity contribution in [3.8, 4) is 0 Å². The van der Waals surface area contributed by atoms with Crippen LogP contribution < -0.4 is 5.32 Å². The fraction of sp³-hybridized carbons (Fsp3) is 0.462. The van der Waals surface area contributed by atoms with Crippen LogP contribution in [0.15, 0.2) is 30.3 Å². The van der Waals surface area contributed by atoms with Gasteiger partial charge in [0.25, 0.3) is 0 Å². The number of hydrogen-bond donors (Lipinski definition) is 2. The fourth-order valence-corrected chi connectivity index (χ4v) is 1.45. The van der Waals surface area contributed by atoms with Gasteiger partial charge in [-0.3, -0.25) is 4.79 Å². The number of hydrogen-bond acceptors (Lipinski definition) is 2. The van der Waals surface area contributed by atoms with Crippen molar-refractivity contribution >= 4 is 5.91 Å². The van der Waals surface area contributed by atoms with Crippen LogP contribution in [-0.4, -0.2) is 24.2 Å². The Morgan fingerprint density at radius 3 is 2.69 bits per heavy atom. The fourth-order valence-electron chi connectivity index (χ4n) is 1.45. The summed E-state index contributed by atoms with van der Waals surface area (Å²) in [5.41, 5.74) is 1.02. The molecule has 1 unspecified atom stereocenters. The zero-order valence-electron chi connectivity index (χ0n) is 9.65. The predicted molar refractivity (Wildman–Crippen MR) is 64.0 cm³/mol. The quantitative estimate of drug-likeness (QED) is 0.762. The van der Waals surface area contributed by atoms with Crippen molar-refractivity contribution < 1.29 is 9.90 Å². The summed E-state index contributed by atoms with van der Waals surface area (Å²) in [7, 11) is 0. The third-order valence-electron chi connectivity index (χ3n) is 2.48. The van der Waals surface area contributed by atoms with Crippen molar-refractivity contribution in [3.05, 3.63) is 35.9 Å². The Labute approximate surface area is 96.5 Å². The van der Waals surface area contributed by atoms with Gasteiger partial charge in [0.15, 0.2) is 0 Å². The lowest BCUT2D eigenvalue weighted by Gasteiger charge is -2.11. The Bertz CT molecular complexity index is 311. The largest absolute Gasteiger partial charge is 0.396 e. The second kappa shape index (κ2) is 7.01. The molecule has 1 aromatic rings. The highest BCUT2D eigenvalue weighted by Gasteiger charge is 2.05. The normalized spacial score (nSPS) is 12.1. The molecule has 3 heteroatoms. The van der Waals surface area contributed by atoms with E-state index in [2.05, 4.69) is 5.32 Å². The van der Waals surface area contributed by atoms with Gasteiger partial charge in [-0.2, -0.15) is 0 Å². The lowest BCUT2D eigenvalue weighted by Crippen LogP contribution is -2.29. The molecule has 2 N–H and O–H groups in total. The molecule has 0 fully saturated rings. The van der Waals surface area contributed by atoms with Gasteiger partial charge in [-0.25, -0.2) is 0 Å². The Kier molecular flexibility index (Phi) is 5.57. The summed E-state index contributed by atoms with van der Waals surface area (Å²) >= 11 is 0. The Morgan fingerprint density at radius 2 is 2.06 bits per heavy atom. The number of amides is 1. The van der Waals surface area contributed by atoms with Gasteiger partial charge in [-0.05, 0) is 17.9 Å². The third-order valence-corrected chi connectivity index (χ3v) is 2.48. The molecule has 0 aliphatic rings. The van der Waals surface area contributed by atoms with Crippen LogP contribution in [0.1, 0.15) is 18.9 Å². The molecule has 3 nitrogen and oxygen atoms in total. The SMILES string of the molecule is CC(CCO)CNC(=O)Cc1ccccc1. The zero-order valence-corrected chi connectivity index (χ0v) is 9.65. The first-order chi connectivity index (χ1) is 7.72. The number of rotatable bonds is 6. The summed E-state index contributed by atoms with van der Waals surface area (Å²) in [4.78, 5) is 11.5. The maximum Gasteiger partial charge on any atom is 0.224 e. The van der Waals surface area contributed by atoms with E-state index in [0.717, 1.165) is 12.0 Å². The molecular formula is C13H19NO2. The van der Waals surface area contributed by atoms with E-state index in [4.69, 9.17) is 5.11 Å². The first kappa shape index (κ1) is 12.7. The van der Waals surface area contributed by atoms with Gasteiger partial charge in [0.1, 0.15) is 0 Å². The van der Waals surface area contributed by atoms with Crippen molar-refractivity contribution in [1.82, 2.24) is 5.32 Å². The second-order valence-electron chi connectivity index (χ2n) is 4.08. The minimum absolute atomic E-state index is 0.0380. The van der Waals surface area contributed by atoms with Crippen LogP contribution in [0.2, 0.25) is 0 Å². The molecule has 1 atom stereocenters. The first-order valence-electron chi connectivity index (χ1n) is 5.64. The van der Waals surface area contributed by atoms with Crippen LogP contribution in [0.4, 0.5) is 0 Å². The lowest BCUT2D eigenvalue weighted by molar-refractivity contribution is -0.120. The minimum Gasteiger partial charge on any atom is -0.396 e. The van der Waals surface area contributed by atoms with Gasteiger partial charge in [0.2, 0.25) is 5.91 Å². The zero-order chi connectivity index (χ0) is 11.8. The van der Waals surface area contributed by atoms with E-state index in [0.29, 0.717) is 18.9 Å². The maximum absolute atomic E-state index is 11.5. The van der Waals surface area contributed by atoms with Crippen LogP contribution in [-0.2, 0) is 11.2 Å². The number of nitrogens with one attached hydrogen (secondary N) is 1. The molecule has 1 amide bonds. The van der Waals surface area contributed by atoms with Crippen LogP contribution in [0, 0.1) is 5.92 Å². The average Bonchev–Trinajstić information content (AvgIpc) is 2.28. The predicted octanol–water partition coefficient (Wildman–Crippen LogP) is 1.36. The summed E-state index contributed by atoms with van der Waals surface area (Å²) < 4.78 is 0. The monoisotopic (exact) mass is 221 g/mol. The molecule has 0 saturated carbocycles. The molecule has 0 radical (unpaired) electrons. The lowest BCUT2D eigenvalue weighted by atomic mass is 10.1. The molecule has 0 bridgehead atoms. The summed E-state index contributed by atoms with van der Waals surface area (Å²) in [6.07, 6.45) is 1.15. The number of aliphatic hydroxyl groups excluding tert-OH is 1. The van der Waals surface area contributed by atoms with Gasteiger partial charge in [-0.1, -0.05) is 37.3 Å². The smallest absolute Gasteiger partial charge is 0.224 e. The van der Waals surface area contributed by atoms with Gasteiger partial charge < -0.3 is 10.4 Å². The van der Waals surface area contributed by atoms with Crippen molar-refractivity contribution in [3.63, 3.8) is 0 Å². The molecule has 0 heterocycles. The van der Waals surface area contributed by atoms with E-state index in [1.54, 1.807) is 0 Å². The van der Waals surface area contributed by atoms with Crippen molar-refractivity contribution in [1.29, 1.82) is 0 Å². The molecule has 0 aliphatic carbocycles. The van der Waals surface area contributed by atoms with Gasteiger partial charge in [0, 0.05) is 13.2 Å². The van der Waals surface area contributed by atoms with Crippen molar-refractivity contribution in [2.75, 3.05) is 13.2 Å². The Morgan fingerprint density at radius 1 is 1.38 bits per heavy atom. The van der Waals surface area contributed by atoms with Gasteiger partial charge >= 0.3 is 0 Å². The molecule has 1 rings (SSSR count). The van der Waals surface area contributed by atoms with E-state index >= 15 is 0 Å². The highest BCUT2D eigenvalue weighted by atomic mass is 16.3. The highest BCUT2D eigenvalue weighted by molar-refractivity contribution is 5.78. The van der Waals surface area contributed by atoms with Crippen LogP contribution >= 0.6 is 0 Å². The number of carbonyl (C=O) groups is 1. The highest BCUT2D eigenvalue weighted by Crippen LogP contribution is 2.01. The maximum atomic E-state index is 11.5.